The van der Waals surface area contributed by atoms with E-state index in [0.29, 0.717) is 24.3 Å². The fraction of sp³-hybridized carbons (Fsp3) is 0.286. The molecule has 3 rings (SSSR count). The van der Waals surface area contributed by atoms with Crippen LogP contribution in [0.1, 0.15) is 12.5 Å². The zero-order valence-corrected chi connectivity index (χ0v) is 16.7. The van der Waals surface area contributed by atoms with E-state index in [1.165, 1.54) is 28.0 Å². The summed E-state index contributed by atoms with van der Waals surface area (Å²) in [6.45, 7) is 2.75. The molecule has 0 radical (unpaired) electrons. The number of hydrogen-bond acceptors (Lipinski definition) is 3. The van der Waals surface area contributed by atoms with E-state index in [1.807, 2.05) is 6.07 Å². The molecule has 6 nitrogen and oxygen atoms in total. The molecule has 2 aromatic carbocycles. The zero-order chi connectivity index (χ0) is 21.0. The van der Waals surface area contributed by atoms with Gasteiger partial charge in [-0.1, -0.05) is 42.8 Å². The molecule has 0 saturated carbocycles. The lowest BCUT2D eigenvalue weighted by atomic mass is 10.1. The Morgan fingerprint density at radius 1 is 1.14 bits per heavy atom. The first kappa shape index (κ1) is 20.8. The molecule has 3 amide bonds. The maximum Gasteiger partial charge on any atom is 0.316 e. The average molecular weight is 418 g/mol. The van der Waals surface area contributed by atoms with Crippen molar-refractivity contribution in [2.45, 2.75) is 13.5 Å². The number of halogens is 2. The van der Waals surface area contributed by atoms with E-state index in [0.717, 1.165) is 0 Å². The van der Waals surface area contributed by atoms with Crippen molar-refractivity contribution in [3.05, 3.63) is 64.9 Å². The predicted octanol–water partition coefficient (Wildman–Crippen LogP) is 2.61. The lowest BCUT2D eigenvalue weighted by Crippen LogP contribution is -2.56. The fourth-order valence-corrected chi connectivity index (χ4v) is 3.33. The number of carbonyl (C=O) groups is 3. The Morgan fingerprint density at radius 2 is 1.86 bits per heavy atom. The highest BCUT2D eigenvalue weighted by atomic mass is 35.5. The van der Waals surface area contributed by atoms with Crippen LogP contribution in [0.4, 0.5) is 10.1 Å². The number of anilines is 1. The number of piperazine rings is 1. The van der Waals surface area contributed by atoms with Crippen molar-refractivity contribution in [2.75, 3.05) is 24.5 Å². The number of nitrogens with one attached hydrogen (secondary N) is 1. The van der Waals surface area contributed by atoms with Crippen molar-refractivity contribution in [3.8, 4) is 0 Å². The molecule has 0 spiro atoms. The van der Waals surface area contributed by atoms with Gasteiger partial charge in [-0.3, -0.25) is 14.4 Å². The molecule has 1 aliphatic heterocycles. The first-order valence-corrected chi connectivity index (χ1v) is 9.62. The summed E-state index contributed by atoms with van der Waals surface area (Å²) in [5.41, 5.74) is 1.34. The number of benzene rings is 2. The van der Waals surface area contributed by atoms with E-state index in [-0.39, 0.29) is 24.0 Å². The van der Waals surface area contributed by atoms with E-state index in [9.17, 15) is 18.8 Å². The molecule has 0 aliphatic carbocycles. The van der Waals surface area contributed by atoms with Gasteiger partial charge in [0, 0.05) is 31.9 Å². The van der Waals surface area contributed by atoms with Crippen molar-refractivity contribution < 1.29 is 18.8 Å². The molecule has 0 aromatic heterocycles. The SMILES string of the molecule is C[C@H](CN1CCN(c2ccccc2)C(=O)C1=O)C(=O)NCc1ccc(F)c(Cl)c1. The molecule has 2 aromatic rings. The lowest BCUT2D eigenvalue weighted by molar-refractivity contribution is -0.147. The Morgan fingerprint density at radius 3 is 2.55 bits per heavy atom. The number of rotatable bonds is 6. The molecule has 0 bridgehead atoms. The molecule has 29 heavy (non-hydrogen) atoms. The van der Waals surface area contributed by atoms with E-state index < -0.39 is 23.5 Å². The van der Waals surface area contributed by atoms with Crippen LogP contribution in [0.2, 0.25) is 5.02 Å². The second-order valence-corrected chi connectivity index (χ2v) is 7.32. The molecule has 1 heterocycles. The van der Waals surface area contributed by atoms with Gasteiger partial charge in [0.1, 0.15) is 5.82 Å². The predicted molar refractivity (Wildman–Crippen MR) is 108 cm³/mol. The van der Waals surface area contributed by atoms with Crippen LogP contribution < -0.4 is 10.2 Å². The molecular weight excluding hydrogens is 397 g/mol. The summed E-state index contributed by atoms with van der Waals surface area (Å²) >= 11 is 5.74. The molecule has 152 valence electrons. The fourth-order valence-electron chi connectivity index (χ4n) is 3.13. The van der Waals surface area contributed by atoms with Gasteiger partial charge < -0.3 is 15.1 Å². The second kappa shape index (κ2) is 9.05. The molecule has 1 saturated heterocycles. The summed E-state index contributed by atoms with van der Waals surface area (Å²) in [5, 5.41) is 2.73. The largest absolute Gasteiger partial charge is 0.352 e. The first-order chi connectivity index (χ1) is 13.9. The summed E-state index contributed by atoms with van der Waals surface area (Å²) in [7, 11) is 0. The van der Waals surface area contributed by atoms with Crippen LogP contribution in [0.5, 0.6) is 0 Å². The summed E-state index contributed by atoms with van der Waals surface area (Å²) in [6, 6.07) is 13.2. The van der Waals surface area contributed by atoms with Gasteiger partial charge in [0.25, 0.3) is 0 Å². The smallest absolute Gasteiger partial charge is 0.316 e. The Labute approximate surface area is 173 Å². The molecule has 1 N–H and O–H groups in total. The summed E-state index contributed by atoms with van der Waals surface area (Å²) < 4.78 is 13.2. The minimum Gasteiger partial charge on any atom is -0.352 e. The van der Waals surface area contributed by atoms with Crippen LogP contribution >= 0.6 is 11.6 Å². The number of nitrogens with zero attached hydrogens (tertiary/aromatic N) is 2. The van der Waals surface area contributed by atoms with Crippen LogP contribution in [-0.2, 0) is 20.9 Å². The zero-order valence-electron chi connectivity index (χ0n) is 15.9. The number of hydrogen-bond donors (Lipinski definition) is 1. The van der Waals surface area contributed by atoms with E-state index >= 15 is 0 Å². The van der Waals surface area contributed by atoms with E-state index in [1.54, 1.807) is 31.2 Å². The van der Waals surface area contributed by atoms with Gasteiger partial charge in [0.15, 0.2) is 0 Å². The minimum absolute atomic E-state index is 0.00908. The van der Waals surface area contributed by atoms with Gasteiger partial charge in [0.05, 0.1) is 10.9 Å². The highest BCUT2D eigenvalue weighted by Crippen LogP contribution is 2.18. The summed E-state index contributed by atoms with van der Waals surface area (Å²) in [4.78, 5) is 40.1. The molecule has 8 heteroatoms. The van der Waals surface area contributed by atoms with Gasteiger partial charge >= 0.3 is 11.8 Å². The Hall–Kier alpha value is -2.93. The molecule has 0 unspecified atom stereocenters. The Kier molecular flexibility index (Phi) is 6.49. The second-order valence-electron chi connectivity index (χ2n) is 6.91. The minimum atomic E-state index is -0.620. The maximum atomic E-state index is 13.2. The van der Waals surface area contributed by atoms with Gasteiger partial charge in [-0.2, -0.15) is 0 Å². The van der Waals surface area contributed by atoms with E-state index in [2.05, 4.69) is 5.32 Å². The van der Waals surface area contributed by atoms with Crippen LogP contribution in [0.3, 0.4) is 0 Å². The first-order valence-electron chi connectivity index (χ1n) is 9.24. The Balaban J connectivity index is 1.54. The van der Waals surface area contributed by atoms with Gasteiger partial charge in [0.2, 0.25) is 5.91 Å². The highest BCUT2D eigenvalue weighted by molar-refractivity contribution is 6.41. The molecule has 1 aliphatic rings. The number of carbonyl (C=O) groups excluding carboxylic acids is 3. The quantitative estimate of drug-likeness (QED) is 0.734. The van der Waals surface area contributed by atoms with Crippen LogP contribution in [0.25, 0.3) is 0 Å². The molecule has 1 fully saturated rings. The number of para-hydroxylation sites is 1. The standard InChI is InChI=1S/C21H21ClFN3O3/c1-14(19(27)24-12-15-7-8-18(23)17(22)11-15)13-25-9-10-26(21(29)20(25)28)16-5-3-2-4-6-16/h2-8,11,14H,9-10,12-13H2,1H3,(H,24,27)/t14-/m1/s1. The molecule has 1 atom stereocenters. The van der Waals surface area contributed by atoms with Crippen molar-refractivity contribution in [2.24, 2.45) is 5.92 Å². The van der Waals surface area contributed by atoms with E-state index in [4.69, 9.17) is 11.6 Å². The maximum absolute atomic E-state index is 13.2. The van der Waals surface area contributed by atoms with Crippen molar-refractivity contribution in [3.63, 3.8) is 0 Å². The normalized spacial score (nSPS) is 15.4. The topological polar surface area (TPSA) is 69.7 Å². The van der Waals surface area contributed by atoms with Crippen LogP contribution in [-0.4, -0.2) is 42.3 Å². The van der Waals surface area contributed by atoms with Crippen molar-refractivity contribution in [1.29, 1.82) is 0 Å². The van der Waals surface area contributed by atoms with Crippen molar-refractivity contribution >= 4 is 35.0 Å². The van der Waals surface area contributed by atoms with Crippen LogP contribution in [0, 0.1) is 11.7 Å². The third-order valence-corrected chi connectivity index (χ3v) is 5.06. The average Bonchev–Trinajstić information content (AvgIpc) is 2.72. The number of amides is 3. The lowest BCUT2D eigenvalue weighted by Gasteiger charge is -2.34. The van der Waals surface area contributed by atoms with Crippen molar-refractivity contribution in [1.82, 2.24) is 10.2 Å². The highest BCUT2D eigenvalue weighted by Gasteiger charge is 2.34. The third-order valence-electron chi connectivity index (χ3n) is 4.77. The Bertz CT molecular complexity index is 923. The van der Waals surface area contributed by atoms with Gasteiger partial charge in [-0.25, -0.2) is 4.39 Å². The third kappa shape index (κ3) is 4.92. The summed E-state index contributed by atoms with van der Waals surface area (Å²) in [5.74, 6) is -2.52. The summed E-state index contributed by atoms with van der Waals surface area (Å²) in [6.07, 6.45) is 0. The van der Waals surface area contributed by atoms with Gasteiger partial charge in [-0.15, -0.1) is 0 Å². The van der Waals surface area contributed by atoms with Gasteiger partial charge in [-0.05, 0) is 29.8 Å². The molecular formula is C21H21ClFN3O3. The monoisotopic (exact) mass is 417 g/mol. The van der Waals surface area contributed by atoms with Crippen LogP contribution in [0.15, 0.2) is 48.5 Å².